The number of carbonyl (C=O) groups is 1. The molecule has 1 saturated heterocycles. The van der Waals surface area contributed by atoms with E-state index in [1.807, 2.05) is 0 Å². The molecule has 0 aliphatic carbocycles. The van der Waals surface area contributed by atoms with Crippen LogP contribution in [0, 0.1) is 11.8 Å². The zero-order valence-corrected chi connectivity index (χ0v) is 13.8. The van der Waals surface area contributed by atoms with Crippen molar-refractivity contribution < 1.29 is 27.8 Å². The Hall–Kier alpha value is -2.84. The zero-order valence-electron chi connectivity index (χ0n) is 13.8. The molecule has 0 radical (unpaired) electrons. The summed E-state index contributed by atoms with van der Waals surface area (Å²) in [7, 11) is 1.54. The fraction of sp³-hybridized carbons (Fsp3) is 0.353. The zero-order chi connectivity index (χ0) is 18.9. The molecule has 2 heterocycles. The van der Waals surface area contributed by atoms with Gasteiger partial charge in [0.1, 0.15) is 5.75 Å². The van der Waals surface area contributed by atoms with E-state index < -0.39 is 30.5 Å². The molecular formula is C17H16F3N3O3. The molecule has 0 unspecified atom stereocenters. The van der Waals surface area contributed by atoms with E-state index in [1.165, 1.54) is 11.1 Å². The first-order valence-electron chi connectivity index (χ1n) is 7.81. The predicted molar refractivity (Wildman–Crippen MR) is 86.9 cm³/mol. The van der Waals surface area contributed by atoms with E-state index in [9.17, 15) is 18.0 Å². The topological polar surface area (TPSA) is 75.5 Å². The number of benzene rings is 1. The van der Waals surface area contributed by atoms with Crippen LogP contribution in [0.15, 0.2) is 36.5 Å². The lowest BCUT2D eigenvalue weighted by atomic mass is 9.96. The third-order valence-electron chi connectivity index (χ3n) is 4.37. The highest BCUT2D eigenvalue weighted by Crippen LogP contribution is 2.38. The number of alkyl halides is 3. The first-order valence-corrected chi connectivity index (χ1v) is 7.81. The number of ether oxygens (including phenoxy) is 1. The quantitative estimate of drug-likeness (QED) is 0.896. The van der Waals surface area contributed by atoms with Crippen LogP contribution in [0.5, 0.6) is 5.75 Å². The van der Waals surface area contributed by atoms with Crippen molar-refractivity contribution in [2.75, 3.05) is 25.1 Å². The molecule has 3 rings (SSSR count). The summed E-state index contributed by atoms with van der Waals surface area (Å²) < 4.78 is 44.5. The van der Waals surface area contributed by atoms with Gasteiger partial charge in [0.2, 0.25) is 5.95 Å². The number of rotatable bonds is 4. The maximum absolute atomic E-state index is 13.1. The second-order valence-corrected chi connectivity index (χ2v) is 5.97. The van der Waals surface area contributed by atoms with Crippen LogP contribution in [0.2, 0.25) is 0 Å². The molecule has 26 heavy (non-hydrogen) atoms. The maximum Gasteiger partial charge on any atom is 0.394 e. The average Bonchev–Trinajstić information content (AvgIpc) is 3.08. The summed E-state index contributed by atoms with van der Waals surface area (Å²) in [6.07, 6.45) is -3.15. The van der Waals surface area contributed by atoms with Gasteiger partial charge in [0.15, 0.2) is 0 Å². The Morgan fingerprint density at radius 2 is 1.92 bits per heavy atom. The number of hydrogen-bond donors (Lipinski definition) is 1. The molecule has 1 aliphatic rings. The molecule has 9 heteroatoms. The minimum absolute atomic E-state index is 0.0799. The molecule has 138 valence electrons. The lowest BCUT2D eigenvalue weighted by Gasteiger charge is -2.18. The predicted octanol–water partition coefficient (Wildman–Crippen LogP) is 2.85. The molecule has 0 amide bonds. The van der Waals surface area contributed by atoms with Crippen molar-refractivity contribution >= 4 is 11.9 Å². The van der Waals surface area contributed by atoms with Gasteiger partial charge >= 0.3 is 12.1 Å². The summed E-state index contributed by atoms with van der Waals surface area (Å²) in [5.74, 6) is -4.21. The van der Waals surface area contributed by atoms with Gasteiger partial charge in [-0.1, -0.05) is 0 Å². The van der Waals surface area contributed by atoms with Crippen LogP contribution in [0.1, 0.15) is 0 Å². The second kappa shape index (κ2) is 6.81. The van der Waals surface area contributed by atoms with E-state index in [2.05, 4.69) is 9.97 Å². The van der Waals surface area contributed by atoms with Crippen molar-refractivity contribution in [3.8, 4) is 17.0 Å². The van der Waals surface area contributed by atoms with Crippen molar-refractivity contribution in [3.05, 3.63) is 36.5 Å². The van der Waals surface area contributed by atoms with Crippen molar-refractivity contribution in [3.63, 3.8) is 0 Å². The number of nitrogens with zero attached hydrogens (tertiary/aromatic N) is 3. The van der Waals surface area contributed by atoms with Crippen LogP contribution >= 0.6 is 0 Å². The van der Waals surface area contributed by atoms with Crippen LogP contribution in [-0.4, -0.2) is 47.4 Å². The Kier molecular flexibility index (Phi) is 4.71. The van der Waals surface area contributed by atoms with Crippen LogP contribution in [0.4, 0.5) is 19.1 Å². The molecule has 1 N–H and O–H groups in total. The molecule has 1 fully saturated rings. The van der Waals surface area contributed by atoms with Crippen molar-refractivity contribution in [1.82, 2.24) is 9.97 Å². The minimum atomic E-state index is -4.59. The number of halogens is 3. The van der Waals surface area contributed by atoms with E-state index in [4.69, 9.17) is 9.84 Å². The van der Waals surface area contributed by atoms with Gasteiger partial charge < -0.3 is 14.7 Å². The molecule has 1 aromatic carbocycles. The molecule has 0 bridgehead atoms. The van der Waals surface area contributed by atoms with Gasteiger partial charge in [-0.3, -0.25) is 4.79 Å². The Morgan fingerprint density at radius 1 is 1.23 bits per heavy atom. The highest BCUT2D eigenvalue weighted by Gasteiger charge is 2.53. The third kappa shape index (κ3) is 3.56. The summed E-state index contributed by atoms with van der Waals surface area (Å²) >= 11 is 0. The number of carboxylic acid groups (broad SMARTS) is 1. The van der Waals surface area contributed by atoms with Crippen LogP contribution in [0.3, 0.4) is 0 Å². The van der Waals surface area contributed by atoms with Crippen LogP contribution in [0.25, 0.3) is 11.3 Å². The van der Waals surface area contributed by atoms with Gasteiger partial charge in [-0.25, -0.2) is 9.97 Å². The lowest BCUT2D eigenvalue weighted by molar-refractivity contribution is -0.187. The number of aliphatic carboxylic acids is 1. The molecule has 2 aromatic rings. The van der Waals surface area contributed by atoms with E-state index >= 15 is 0 Å². The average molecular weight is 367 g/mol. The Balaban J connectivity index is 1.87. The van der Waals surface area contributed by atoms with Crippen LogP contribution in [-0.2, 0) is 4.79 Å². The van der Waals surface area contributed by atoms with E-state index in [-0.39, 0.29) is 12.5 Å². The standard InChI is InChI=1S/C17H16F3N3O3/c1-26-11-4-2-10(3-5-11)14-6-7-21-16(22-14)23-8-12(15(24)25)13(9-23)17(18,19)20/h2-7,12-13H,8-9H2,1H3,(H,24,25)/t12-,13-/m1/s1. The van der Waals surface area contributed by atoms with Gasteiger partial charge in [0.05, 0.1) is 24.6 Å². The SMILES string of the molecule is COc1ccc(-c2ccnc(N3C[C@@H](C(F)(F)F)[C@H](C(=O)O)C3)n2)cc1. The van der Waals surface area contributed by atoms with Crippen molar-refractivity contribution in [1.29, 1.82) is 0 Å². The summed E-state index contributed by atoms with van der Waals surface area (Å²) in [5, 5.41) is 9.11. The maximum atomic E-state index is 13.1. The molecule has 2 atom stereocenters. The number of aromatic nitrogens is 2. The molecule has 0 saturated carbocycles. The molecule has 1 aliphatic heterocycles. The smallest absolute Gasteiger partial charge is 0.394 e. The number of methoxy groups -OCH3 is 1. The Labute approximate surface area is 147 Å². The summed E-state index contributed by atoms with van der Waals surface area (Å²) in [6, 6.07) is 8.67. The molecule has 0 spiro atoms. The number of anilines is 1. The van der Waals surface area contributed by atoms with Gasteiger partial charge in [-0.15, -0.1) is 0 Å². The number of hydrogen-bond acceptors (Lipinski definition) is 5. The highest BCUT2D eigenvalue weighted by atomic mass is 19.4. The minimum Gasteiger partial charge on any atom is -0.497 e. The van der Waals surface area contributed by atoms with Gasteiger partial charge in [0, 0.05) is 24.8 Å². The Bertz CT molecular complexity index is 796. The molecular weight excluding hydrogens is 351 g/mol. The second-order valence-electron chi connectivity index (χ2n) is 5.97. The first kappa shape index (κ1) is 18.0. The fourth-order valence-corrected chi connectivity index (χ4v) is 2.97. The summed E-state index contributed by atoms with van der Waals surface area (Å²) in [6.45, 7) is -0.766. The van der Waals surface area contributed by atoms with Crippen LogP contribution < -0.4 is 9.64 Å². The molecule has 1 aromatic heterocycles. The lowest BCUT2D eigenvalue weighted by Crippen LogP contribution is -2.33. The first-order chi connectivity index (χ1) is 12.3. The van der Waals surface area contributed by atoms with Gasteiger partial charge in [-0.2, -0.15) is 13.2 Å². The fourth-order valence-electron chi connectivity index (χ4n) is 2.97. The Morgan fingerprint density at radius 3 is 2.46 bits per heavy atom. The summed E-state index contributed by atoms with van der Waals surface area (Å²) in [5.41, 5.74) is 1.27. The normalized spacial score (nSPS) is 20.2. The van der Waals surface area contributed by atoms with Crippen molar-refractivity contribution in [2.45, 2.75) is 6.18 Å². The third-order valence-corrected chi connectivity index (χ3v) is 4.37. The molecule has 6 nitrogen and oxygen atoms in total. The largest absolute Gasteiger partial charge is 0.497 e. The number of carboxylic acids is 1. The van der Waals surface area contributed by atoms with E-state index in [0.717, 1.165) is 5.56 Å². The van der Waals surface area contributed by atoms with Gasteiger partial charge in [0.25, 0.3) is 0 Å². The summed E-state index contributed by atoms with van der Waals surface area (Å²) in [4.78, 5) is 20.8. The van der Waals surface area contributed by atoms with E-state index in [1.54, 1.807) is 37.4 Å². The van der Waals surface area contributed by atoms with E-state index in [0.29, 0.717) is 11.4 Å². The monoisotopic (exact) mass is 367 g/mol. The van der Waals surface area contributed by atoms with Crippen molar-refractivity contribution in [2.24, 2.45) is 11.8 Å². The highest BCUT2D eigenvalue weighted by molar-refractivity contribution is 5.72. The van der Waals surface area contributed by atoms with Gasteiger partial charge in [-0.05, 0) is 30.3 Å².